The van der Waals surface area contributed by atoms with E-state index >= 15 is 0 Å². The number of hydrogen-bond donors (Lipinski definition) is 1. The van der Waals surface area contributed by atoms with Crippen molar-refractivity contribution in [2.75, 3.05) is 5.73 Å². The van der Waals surface area contributed by atoms with Gasteiger partial charge < -0.3 is 10.2 Å². The SMILES string of the molecule is CC1CCC[C@H](C)N1Cc1cc2c(N)nc(-c3ccc(C(F)F)o3)nc2s1. The molecule has 0 amide bonds. The van der Waals surface area contributed by atoms with Gasteiger partial charge in [0.2, 0.25) is 0 Å². The molecule has 2 atom stereocenters. The van der Waals surface area contributed by atoms with E-state index in [1.807, 2.05) is 6.07 Å². The van der Waals surface area contributed by atoms with Crippen LogP contribution in [0, 0.1) is 0 Å². The molecule has 3 aromatic heterocycles. The summed E-state index contributed by atoms with van der Waals surface area (Å²) in [6, 6.07) is 5.83. The van der Waals surface area contributed by atoms with Crippen LogP contribution in [0.4, 0.5) is 14.6 Å². The van der Waals surface area contributed by atoms with Crippen molar-refractivity contribution in [3.05, 3.63) is 28.8 Å². The molecular weight excluding hydrogens is 370 g/mol. The summed E-state index contributed by atoms with van der Waals surface area (Å²) in [4.78, 5) is 13.2. The number of alkyl halides is 2. The molecule has 4 heterocycles. The largest absolute Gasteiger partial charge is 0.452 e. The second kappa shape index (κ2) is 7.16. The molecule has 0 radical (unpaired) electrons. The van der Waals surface area contributed by atoms with Crippen molar-refractivity contribution in [1.29, 1.82) is 0 Å². The zero-order valence-corrected chi connectivity index (χ0v) is 16.1. The molecule has 1 aliphatic rings. The van der Waals surface area contributed by atoms with Crippen LogP contribution in [0.2, 0.25) is 0 Å². The van der Waals surface area contributed by atoms with Gasteiger partial charge in [0.1, 0.15) is 10.6 Å². The summed E-state index contributed by atoms with van der Waals surface area (Å²) in [6.45, 7) is 5.40. The van der Waals surface area contributed by atoms with Crippen LogP contribution in [0.5, 0.6) is 0 Å². The first-order chi connectivity index (χ1) is 12.9. The van der Waals surface area contributed by atoms with Crippen LogP contribution < -0.4 is 5.73 Å². The molecular formula is C19H22F2N4OS. The summed E-state index contributed by atoms with van der Waals surface area (Å²) in [5, 5.41) is 0.803. The number of furan rings is 1. The second-order valence-corrected chi connectivity index (χ2v) is 8.28. The third-order valence-corrected chi connectivity index (χ3v) is 6.26. The standard InChI is InChI=1S/C19H22F2N4OS/c1-10-4-3-5-11(2)25(10)9-12-8-13-17(22)23-18(24-19(13)27-12)15-7-6-14(26-15)16(20)21/h6-8,10-11,16H,3-5,9H2,1-2H3,(H2,22,23,24)/t10-,11?/m0/s1. The van der Waals surface area contributed by atoms with E-state index in [-0.39, 0.29) is 11.6 Å². The molecule has 1 unspecified atom stereocenters. The molecule has 1 saturated heterocycles. The average Bonchev–Trinajstić information content (AvgIpc) is 3.25. The van der Waals surface area contributed by atoms with Crippen LogP contribution in [0.1, 0.15) is 50.2 Å². The number of anilines is 1. The highest BCUT2D eigenvalue weighted by Crippen LogP contribution is 2.34. The number of halogens is 2. The summed E-state index contributed by atoms with van der Waals surface area (Å²) < 4.78 is 30.7. The molecule has 3 aromatic rings. The van der Waals surface area contributed by atoms with E-state index in [4.69, 9.17) is 10.2 Å². The monoisotopic (exact) mass is 392 g/mol. The van der Waals surface area contributed by atoms with Crippen LogP contribution >= 0.6 is 11.3 Å². The zero-order valence-electron chi connectivity index (χ0n) is 15.3. The van der Waals surface area contributed by atoms with Crippen molar-refractivity contribution in [2.24, 2.45) is 0 Å². The molecule has 4 rings (SSSR count). The number of likely N-dealkylation sites (tertiary alicyclic amines) is 1. The Morgan fingerprint density at radius 3 is 2.67 bits per heavy atom. The maximum Gasteiger partial charge on any atom is 0.295 e. The minimum atomic E-state index is -2.67. The van der Waals surface area contributed by atoms with Crippen LogP contribution in [0.3, 0.4) is 0 Å². The fraction of sp³-hybridized carbons (Fsp3) is 0.474. The van der Waals surface area contributed by atoms with Crippen molar-refractivity contribution < 1.29 is 13.2 Å². The molecule has 5 nitrogen and oxygen atoms in total. The Bertz CT molecular complexity index is 944. The second-order valence-electron chi connectivity index (χ2n) is 7.17. The number of aromatic nitrogens is 2. The van der Waals surface area contributed by atoms with Gasteiger partial charge in [-0.3, -0.25) is 4.90 Å². The van der Waals surface area contributed by atoms with Gasteiger partial charge in [-0.2, -0.15) is 0 Å². The molecule has 27 heavy (non-hydrogen) atoms. The van der Waals surface area contributed by atoms with Crippen LogP contribution in [0.25, 0.3) is 21.8 Å². The van der Waals surface area contributed by atoms with Crippen molar-refractivity contribution >= 4 is 27.4 Å². The van der Waals surface area contributed by atoms with Gasteiger partial charge in [-0.15, -0.1) is 11.3 Å². The summed E-state index contributed by atoms with van der Waals surface area (Å²) in [5.74, 6) is 0.381. The summed E-state index contributed by atoms with van der Waals surface area (Å²) in [5.41, 5.74) is 6.11. The van der Waals surface area contributed by atoms with Crippen molar-refractivity contribution in [2.45, 2.75) is 58.2 Å². The Kier molecular flexibility index (Phi) is 4.86. The highest BCUT2D eigenvalue weighted by atomic mass is 32.1. The van der Waals surface area contributed by atoms with Gasteiger partial charge in [0.05, 0.1) is 5.39 Å². The highest BCUT2D eigenvalue weighted by Gasteiger charge is 2.25. The summed E-state index contributed by atoms with van der Waals surface area (Å²) in [6.07, 6.45) is 1.04. The van der Waals surface area contributed by atoms with Crippen molar-refractivity contribution in [1.82, 2.24) is 14.9 Å². The number of piperidine rings is 1. The van der Waals surface area contributed by atoms with Crippen molar-refractivity contribution in [3.63, 3.8) is 0 Å². The predicted octanol–water partition coefficient (Wildman–Crippen LogP) is 5.23. The smallest absolute Gasteiger partial charge is 0.295 e. The van der Waals surface area contributed by atoms with E-state index < -0.39 is 12.2 Å². The maximum absolute atomic E-state index is 12.8. The third-order valence-electron chi connectivity index (χ3n) is 5.25. The number of hydrogen-bond acceptors (Lipinski definition) is 6. The Balaban J connectivity index is 1.65. The molecule has 0 aliphatic carbocycles. The molecule has 0 bridgehead atoms. The first kappa shape index (κ1) is 18.3. The van der Waals surface area contributed by atoms with Gasteiger partial charge in [-0.25, -0.2) is 18.7 Å². The first-order valence-electron chi connectivity index (χ1n) is 9.12. The molecule has 1 fully saturated rings. The molecule has 144 valence electrons. The number of rotatable bonds is 4. The fourth-order valence-electron chi connectivity index (χ4n) is 3.74. The van der Waals surface area contributed by atoms with E-state index in [0.29, 0.717) is 17.9 Å². The lowest BCUT2D eigenvalue weighted by atomic mass is 9.97. The van der Waals surface area contributed by atoms with E-state index in [2.05, 4.69) is 28.7 Å². The Morgan fingerprint density at radius 2 is 2.00 bits per heavy atom. The molecule has 2 N–H and O–H groups in total. The maximum atomic E-state index is 12.8. The normalized spacial score (nSPS) is 21.4. The van der Waals surface area contributed by atoms with Crippen LogP contribution in [0.15, 0.2) is 22.6 Å². The molecule has 1 aliphatic heterocycles. The fourth-order valence-corrected chi connectivity index (χ4v) is 4.78. The summed E-state index contributed by atoms with van der Waals surface area (Å²) in [7, 11) is 0. The zero-order chi connectivity index (χ0) is 19.1. The van der Waals surface area contributed by atoms with Crippen LogP contribution in [-0.4, -0.2) is 27.0 Å². The number of thiophene rings is 1. The average molecular weight is 392 g/mol. The van der Waals surface area contributed by atoms with Gasteiger partial charge >= 0.3 is 0 Å². The molecule has 0 aromatic carbocycles. The lowest BCUT2D eigenvalue weighted by molar-refractivity contribution is 0.0965. The highest BCUT2D eigenvalue weighted by molar-refractivity contribution is 7.18. The number of fused-ring (bicyclic) bond motifs is 1. The quantitative estimate of drug-likeness (QED) is 0.658. The number of nitrogen functional groups attached to an aromatic ring is 1. The molecule has 8 heteroatoms. The Labute approximate surface area is 160 Å². The minimum absolute atomic E-state index is 0.201. The van der Waals surface area contributed by atoms with Gasteiger partial charge in [0.25, 0.3) is 6.43 Å². The first-order valence-corrected chi connectivity index (χ1v) is 9.94. The topological polar surface area (TPSA) is 68.2 Å². The van der Waals surface area contributed by atoms with E-state index in [1.165, 1.54) is 36.3 Å². The third kappa shape index (κ3) is 3.55. The number of nitrogens with zero attached hydrogens (tertiary/aromatic N) is 3. The molecule has 0 saturated carbocycles. The van der Waals surface area contributed by atoms with Gasteiger partial charge in [0.15, 0.2) is 17.3 Å². The Morgan fingerprint density at radius 1 is 1.26 bits per heavy atom. The van der Waals surface area contributed by atoms with E-state index in [9.17, 15) is 8.78 Å². The van der Waals surface area contributed by atoms with E-state index in [0.717, 1.165) is 16.8 Å². The van der Waals surface area contributed by atoms with E-state index in [1.54, 1.807) is 11.3 Å². The minimum Gasteiger partial charge on any atom is -0.452 e. The van der Waals surface area contributed by atoms with Gasteiger partial charge in [-0.05, 0) is 44.9 Å². The summed E-state index contributed by atoms with van der Waals surface area (Å²) >= 11 is 1.57. The van der Waals surface area contributed by atoms with Crippen molar-refractivity contribution in [3.8, 4) is 11.6 Å². The Hall–Kier alpha value is -2.06. The lowest BCUT2D eigenvalue weighted by Crippen LogP contribution is -2.42. The predicted molar refractivity (Wildman–Crippen MR) is 103 cm³/mol. The van der Waals surface area contributed by atoms with Gasteiger partial charge in [-0.1, -0.05) is 6.42 Å². The molecule has 0 spiro atoms. The lowest BCUT2D eigenvalue weighted by Gasteiger charge is -2.38. The van der Waals surface area contributed by atoms with Gasteiger partial charge in [0, 0.05) is 23.5 Å². The number of nitrogens with two attached hydrogens (primary N) is 1. The van der Waals surface area contributed by atoms with Crippen LogP contribution in [-0.2, 0) is 6.54 Å².